The molecule has 0 fully saturated rings. The summed E-state index contributed by atoms with van der Waals surface area (Å²) in [6.45, 7) is 2.58. The van der Waals surface area contributed by atoms with E-state index in [2.05, 4.69) is 39.6 Å². The van der Waals surface area contributed by atoms with E-state index >= 15 is 0 Å². The van der Waals surface area contributed by atoms with Gasteiger partial charge < -0.3 is 10.3 Å². The minimum atomic E-state index is -4.64. The number of halogens is 4. The predicted octanol–water partition coefficient (Wildman–Crippen LogP) is 5.68. The fourth-order valence-corrected chi connectivity index (χ4v) is 4.28. The summed E-state index contributed by atoms with van der Waals surface area (Å²) in [6, 6.07) is 18.5. The number of rotatable bonds is 4. The van der Waals surface area contributed by atoms with Crippen LogP contribution in [0.15, 0.2) is 60.9 Å². The molecule has 5 rings (SSSR count). The van der Waals surface area contributed by atoms with Crippen molar-refractivity contribution < 1.29 is 22.4 Å². The normalized spacial score (nSPS) is 13.4. The fourth-order valence-electron chi connectivity index (χ4n) is 4.28. The lowest BCUT2D eigenvalue weighted by Gasteiger charge is -2.14. The number of H-pyrrole nitrogens is 1. The number of aldehydes is 1. The van der Waals surface area contributed by atoms with Gasteiger partial charge in [-0.15, -0.1) is 0 Å². The minimum Gasteiger partial charge on any atom is -0.345 e. The fraction of sp³-hybridized carbons (Fsp3) is 0.231. The van der Waals surface area contributed by atoms with E-state index in [4.69, 9.17) is 4.79 Å². The predicted molar refractivity (Wildman–Crippen MR) is 123 cm³/mol. The summed E-state index contributed by atoms with van der Waals surface area (Å²) in [4.78, 5) is 16.2. The van der Waals surface area contributed by atoms with Gasteiger partial charge in [-0.25, -0.2) is 9.37 Å². The van der Waals surface area contributed by atoms with Crippen molar-refractivity contribution in [1.82, 2.24) is 15.3 Å². The monoisotopic (exact) mass is 469 g/mol. The van der Waals surface area contributed by atoms with Gasteiger partial charge in [-0.1, -0.05) is 42.5 Å². The van der Waals surface area contributed by atoms with Crippen molar-refractivity contribution in [2.75, 3.05) is 0 Å². The summed E-state index contributed by atoms with van der Waals surface area (Å²) < 4.78 is 46.0. The first-order valence-electron chi connectivity index (χ1n) is 10.8. The number of imidazole rings is 1. The third-order valence-electron chi connectivity index (χ3n) is 5.97. The number of carbonyl (C=O) groups is 1. The molecule has 0 atom stereocenters. The summed E-state index contributed by atoms with van der Waals surface area (Å²) in [7, 11) is 0. The van der Waals surface area contributed by atoms with Crippen molar-refractivity contribution in [2.24, 2.45) is 0 Å². The highest BCUT2D eigenvalue weighted by Gasteiger charge is 2.25. The van der Waals surface area contributed by atoms with Gasteiger partial charge in [0.15, 0.2) is 0 Å². The molecule has 1 aliphatic rings. The van der Waals surface area contributed by atoms with Gasteiger partial charge in [0.1, 0.15) is 5.82 Å². The number of fused-ring (bicyclic) bond motifs is 2. The maximum atomic E-state index is 14.8. The molecule has 4 aromatic rings. The molecule has 0 spiro atoms. The minimum absolute atomic E-state index is 0.165. The third-order valence-corrected chi connectivity index (χ3v) is 5.97. The molecular formula is C26H23F4N3O. The topological polar surface area (TPSA) is 57.8 Å². The molecule has 1 heterocycles. The maximum Gasteiger partial charge on any atom is 0.446 e. The molecule has 8 heteroatoms. The van der Waals surface area contributed by atoms with Gasteiger partial charge in [0.05, 0.1) is 17.4 Å². The van der Waals surface area contributed by atoms with Crippen LogP contribution in [0.25, 0.3) is 22.2 Å². The number of alkyl halides is 3. The van der Waals surface area contributed by atoms with E-state index in [-0.39, 0.29) is 5.82 Å². The number of hydrogen-bond acceptors (Lipinski definition) is 3. The first-order valence-corrected chi connectivity index (χ1v) is 10.8. The number of nitrogens with zero attached hydrogens (tertiary/aromatic N) is 1. The molecule has 0 saturated carbocycles. The highest BCUT2D eigenvalue weighted by Crippen LogP contribution is 2.29. The van der Waals surface area contributed by atoms with Crippen LogP contribution in [0.3, 0.4) is 0 Å². The second kappa shape index (κ2) is 9.77. The molecule has 176 valence electrons. The Balaban J connectivity index is 0.000000408. The molecule has 0 amide bonds. The van der Waals surface area contributed by atoms with E-state index in [9.17, 15) is 17.6 Å². The number of carbonyl (C=O) groups excluding carboxylic acids is 1. The molecule has 1 aromatic heterocycles. The maximum absolute atomic E-state index is 14.8. The number of aromatic nitrogens is 2. The summed E-state index contributed by atoms with van der Waals surface area (Å²) >= 11 is 0. The Morgan fingerprint density at radius 3 is 2.38 bits per heavy atom. The molecule has 4 nitrogen and oxygen atoms in total. The van der Waals surface area contributed by atoms with Gasteiger partial charge in [0.2, 0.25) is 6.29 Å². The van der Waals surface area contributed by atoms with Crippen molar-refractivity contribution >= 4 is 17.3 Å². The average molecular weight is 469 g/mol. The van der Waals surface area contributed by atoms with Gasteiger partial charge >= 0.3 is 6.18 Å². The van der Waals surface area contributed by atoms with E-state index < -0.39 is 12.5 Å². The number of hydrogen-bond donors (Lipinski definition) is 2. The molecule has 0 unspecified atom stereocenters. The van der Waals surface area contributed by atoms with E-state index in [1.165, 1.54) is 11.1 Å². The van der Waals surface area contributed by atoms with Gasteiger partial charge in [0.25, 0.3) is 0 Å². The largest absolute Gasteiger partial charge is 0.446 e. The lowest BCUT2D eigenvalue weighted by Crippen LogP contribution is -2.29. The number of aryl methyl sites for hydroxylation is 1. The van der Waals surface area contributed by atoms with Crippen molar-refractivity contribution in [3.8, 4) is 11.1 Å². The van der Waals surface area contributed by atoms with Gasteiger partial charge in [-0.05, 0) is 59.7 Å². The highest BCUT2D eigenvalue weighted by atomic mass is 19.4. The molecule has 34 heavy (non-hydrogen) atoms. The quantitative estimate of drug-likeness (QED) is 0.299. The van der Waals surface area contributed by atoms with Crippen LogP contribution in [-0.2, 0) is 24.2 Å². The molecule has 2 N–H and O–H groups in total. The summed E-state index contributed by atoms with van der Waals surface area (Å²) in [5.41, 5.74) is 8.41. The van der Waals surface area contributed by atoms with Gasteiger partial charge in [0, 0.05) is 18.2 Å². The average Bonchev–Trinajstić information content (AvgIpc) is 3.45. The Labute approximate surface area is 194 Å². The van der Waals surface area contributed by atoms with Crippen LogP contribution in [0, 0.1) is 12.7 Å². The van der Waals surface area contributed by atoms with Gasteiger partial charge in [-0.2, -0.15) is 13.2 Å². The molecule has 0 aliphatic heterocycles. The Bertz CT molecular complexity index is 1290. The second-order valence-corrected chi connectivity index (χ2v) is 8.26. The van der Waals surface area contributed by atoms with E-state index in [1.54, 1.807) is 12.4 Å². The van der Waals surface area contributed by atoms with Crippen LogP contribution in [0.2, 0.25) is 0 Å². The Morgan fingerprint density at radius 1 is 1.09 bits per heavy atom. The summed E-state index contributed by atoms with van der Waals surface area (Å²) in [6.07, 6.45) is -1.98. The van der Waals surface area contributed by atoms with Crippen molar-refractivity contribution in [2.45, 2.75) is 38.5 Å². The summed E-state index contributed by atoms with van der Waals surface area (Å²) in [5.74, 6) is -0.165. The molecule has 3 aromatic carbocycles. The highest BCUT2D eigenvalue weighted by molar-refractivity contribution is 5.86. The molecular weight excluding hydrogens is 446 g/mol. The van der Waals surface area contributed by atoms with Crippen LogP contribution in [0.4, 0.5) is 17.6 Å². The van der Waals surface area contributed by atoms with E-state index in [1.807, 2.05) is 31.2 Å². The molecule has 0 bridgehead atoms. The van der Waals surface area contributed by atoms with Gasteiger partial charge in [-0.3, -0.25) is 4.79 Å². The van der Waals surface area contributed by atoms with Crippen LogP contribution < -0.4 is 5.32 Å². The number of aromatic amines is 1. The molecule has 0 saturated heterocycles. The lowest BCUT2D eigenvalue weighted by molar-refractivity contribution is -0.156. The van der Waals surface area contributed by atoms with Crippen molar-refractivity contribution in [3.63, 3.8) is 0 Å². The Morgan fingerprint density at radius 2 is 1.76 bits per heavy atom. The number of benzene rings is 3. The van der Waals surface area contributed by atoms with E-state index in [0.29, 0.717) is 18.2 Å². The molecule has 0 radical (unpaired) electrons. The second-order valence-electron chi connectivity index (χ2n) is 8.26. The zero-order valence-electron chi connectivity index (χ0n) is 18.4. The van der Waals surface area contributed by atoms with Crippen LogP contribution in [0.5, 0.6) is 0 Å². The van der Waals surface area contributed by atoms with E-state index in [0.717, 1.165) is 40.6 Å². The smallest absolute Gasteiger partial charge is 0.345 e. The SMILES string of the molecule is Cc1c(-c2ccc(CNC3Cc4ccccc4C3)c(F)c2)ccc2[nH]cnc12.O=CC(F)(F)F. The zero-order chi connectivity index (χ0) is 24.3. The standard InChI is InChI=1S/C24H22FN3.C2HF3O/c1-15-21(8-9-23-24(15)28-14-27-23)18-6-7-19(22(25)12-18)13-26-20-10-16-4-2-3-5-17(16)11-20;3-2(4,5)1-6/h2-9,12,14,20,26H,10-11,13H2,1H3,(H,27,28);1H. The Hall–Kier alpha value is -3.52. The molecule has 1 aliphatic carbocycles. The lowest BCUT2D eigenvalue weighted by atomic mass is 9.98. The zero-order valence-corrected chi connectivity index (χ0v) is 18.4. The van der Waals surface area contributed by atoms with Crippen LogP contribution in [-0.4, -0.2) is 28.5 Å². The first kappa shape index (κ1) is 23.6. The van der Waals surface area contributed by atoms with Crippen molar-refractivity contribution in [3.05, 3.63) is 89.0 Å². The van der Waals surface area contributed by atoms with Crippen LogP contribution in [0.1, 0.15) is 22.3 Å². The summed E-state index contributed by atoms with van der Waals surface area (Å²) in [5, 5.41) is 3.52. The third kappa shape index (κ3) is 5.34. The first-order chi connectivity index (χ1) is 16.2. The number of nitrogens with one attached hydrogen (secondary N) is 2. The Kier molecular flexibility index (Phi) is 6.79. The van der Waals surface area contributed by atoms with Crippen LogP contribution >= 0.6 is 0 Å². The van der Waals surface area contributed by atoms with Crippen molar-refractivity contribution in [1.29, 1.82) is 0 Å².